The van der Waals surface area contributed by atoms with E-state index in [-0.39, 0.29) is 48.3 Å². The van der Waals surface area contributed by atoms with Crippen LogP contribution in [0.2, 0.25) is 5.02 Å². The van der Waals surface area contributed by atoms with Gasteiger partial charge >= 0.3 is 0 Å². The summed E-state index contributed by atoms with van der Waals surface area (Å²) in [7, 11) is 0. The third-order valence-electron chi connectivity index (χ3n) is 5.84. The summed E-state index contributed by atoms with van der Waals surface area (Å²) in [6.45, 7) is 0.00902. The Bertz CT molecular complexity index is 1440. The first-order valence-corrected chi connectivity index (χ1v) is 11.5. The molecule has 194 valence electrons. The van der Waals surface area contributed by atoms with Crippen LogP contribution in [0.4, 0.5) is 20.2 Å². The Hall–Kier alpha value is -3.80. The number of pyridine rings is 1. The Kier molecular flexibility index (Phi) is 7.58. The van der Waals surface area contributed by atoms with Gasteiger partial charge in [-0.2, -0.15) is 0 Å². The van der Waals surface area contributed by atoms with Crippen molar-refractivity contribution in [1.82, 2.24) is 4.57 Å². The van der Waals surface area contributed by atoms with Crippen molar-refractivity contribution in [1.29, 1.82) is 0 Å². The number of hydrogen-bond acceptors (Lipinski definition) is 6. The van der Waals surface area contributed by atoms with E-state index in [0.29, 0.717) is 17.1 Å². The molecule has 4 rings (SSSR count). The molecule has 1 aliphatic heterocycles. The second kappa shape index (κ2) is 10.7. The SMILES string of the molecule is Cc1cc(OCc2ccc(F)cc2F)c(Cl)c(=O)n1-c1ccc2c(c1)N(C(=O)CO)CN2C(=O)CCO. The molecule has 0 saturated heterocycles. The quantitative estimate of drug-likeness (QED) is 0.483. The van der Waals surface area contributed by atoms with Gasteiger partial charge in [0.1, 0.15) is 42.3 Å². The second-order valence-electron chi connectivity index (χ2n) is 8.22. The number of fused-ring (bicyclic) bond motifs is 1. The highest BCUT2D eigenvalue weighted by Crippen LogP contribution is 2.38. The van der Waals surface area contributed by atoms with Crippen LogP contribution in [0.1, 0.15) is 17.7 Å². The van der Waals surface area contributed by atoms with Gasteiger partial charge in [-0.25, -0.2) is 8.78 Å². The van der Waals surface area contributed by atoms with Crippen molar-refractivity contribution in [2.75, 3.05) is 29.7 Å². The van der Waals surface area contributed by atoms with Gasteiger partial charge in [0.15, 0.2) is 0 Å². The van der Waals surface area contributed by atoms with Crippen LogP contribution in [0, 0.1) is 18.6 Å². The zero-order valence-electron chi connectivity index (χ0n) is 19.6. The maximum atomic E-state index is 13.9. The summed E-state index contributed by atoms with van der Waals surface area (Å²) in [5.41, 5.74) is 0.815. The molecular formula is C25H22ClF2N3O6. The lowest BCUT2D eigenvalue weighted by atomic mass is 10.2. The largest absolute Gasteiger partial charge is 0.487 e. The van der Waals surface area contributed by atoms with Gasteiger partial charge in [-0.3, -0.25) is 28.8 Å². The molecule has 0 spiro atoms. The first kappa shape index (κ1) is 26.3. The molecule has 2 aromatic carbocycles. The molecule has 0 fully saturated rings. The van der Waals surface area contributed by atoms with Crippen LogP contribution in [-0.4, -0.2) is 46.5 Å². The Morgan fingerprint density at radius 3 is 2.43 bits per heavy atom. The van der Waals surface area contributed by atoms with E-state index in [1.54, 1.807) is 19.1 Å². The Labute approximate surface area is 214 Å². The monoisotopic (exact) mass is 533 g/mol. The van der Waals surface area contributed by atoms with Gasteiger partial charge < -0.3 is 14.9 Å². The number of amides is 2. The average Bonchev–Trinajstić information content (AvgIpc) is 3.25. The molecule has 0 bridgehead atoms. The number of nitrogens with zero attached hydrogens (tertiary/aromatic N) is 3. The van der Waals surface area contributed by atoms with Gasteiger partial charge in [0.05, 0.1) is 30.1 Å². The molecule has 0 aliphatic carbocycles. The van der Waals surface area contributed by atoms with E-state index in [4.69, 9.17) is 21.4 Å². The zero-order valence-corrected chi connectivity index (χ0v) is 20.3. The van der Waals surface area contributed by atoms with E-state index < -0.39 is 35.6 Å². The lowest BCUT2D eigenvalue weighted by Gasteiger charge is -2.18. The summed E-state index contributed by atoms with van der Waals surface area (Å²) in [4.78, 5) is 40.5. The van der Waals surface area contributed by atoms with Crippen LogP contribution < -0.4 is 20.1 Å². The van der Waals surface area contributed by atoms with Gasteiger partial charge in [-0.05, 0) is 37.3 Å². The van der Waals surface area contributed by atoms with Crippen LogP contribution in [0.15, 0.2) is 47.3 Å². The van der Waals surface area contributed by atoms with Gasteiger partial charge in [0, 0.05) is 23.4 Å². The molecule has 0 radical (unpaired) electrons. The highest BCUT2D eigenvalue weighted by atomic mass is 35.5. The predicted octanol–water partition coefficient (Wildman–Crippen LogP) is 2.67. The fourth-order valence-corrected chi connectivity index (χ4v) is 4.23. The number of benzene rings is 2. The first-order valence-electron chi connectivity index (χ1n) is 11.1. The van der Waals surface area contributed by atoms with Gasteiger partial charge in [-0.15, -0.1) is 0 Å². The first-order chi connectivity index (χ1) is 17.7. The zero-order chi connectivity index (χ0) is 26.9. The Morgan fingerprint density at radius 1 is 1.03 bits per heavy atom. The standard InChI is InChI=1S/C25H22ClF2N3O6/c1-14-8-21(37-12-15-2-3-16(27)9-18(15)28)24(26)25(36)31(14)17-4-5-19-20(10-17)30(23(35)11-33)13-29(19)22(34)6-7-32/h2-5,8-10,32-33H,6-7,11-13H2,1H3. The van der Waals surface area contributed by atoms with Gasteiger partial charge in [0.2, 0.25) is 5.91 Å². The molecule has 9 nitrogen and oxygen atoms in total. The van der Waals surface area contributed by atoms with E-state index in [1.807, 2.05) is 0 Å². The van der Waals surface area contributed by atoms with Crippen molar-refractivity contribution < 1.29 is 33.3 Å². The molecule has 0 saturated carbocycles. The van der Waals surface area contributed by atoms with E-state index in [1.165, 1.54) is 32.6 Å². The summed E-state index contributed by atoms with van der Waals surface area (Å²) >= 11 is 6.28. The number of aliphatic hydroxyl groups excluding tert-OH is 2. The fraction of sp³-hybridized carbons (Fsp3) is 0.240. The molecule has 37 heavy (non-hydrogen) atoms. The highest BCUT2D eigenvalue weighted by molar-refractivity contribution is 6.31. The van der Waals surface area contributed by atoms with Crippen LogP contribution in [0.5, 0.6) is 5.75 Å². The normalized spacial score (nSPS) is 12.6. The number of aliphatic hydroxyl groups is 2. The van der Waals surface area contributed by atoms with E-state index in [0.717, 1.165) is 12.1 Å². The molecule has 1 aromatic heterocycles. The summed E-state index contributed by atoms with van der Waals surface area (Å²) in [6, 6.07) is 9.13. The highest BCUT2D eigenvalue weighted by Gasteiger charge is 2.33. The van der Waals surface area contributed by atoms with Crippen molar-refractivity contribution >= 4 is 34.8 Å². The van der Waals surface area contributed by atoms with Crippen LogP contribution >= 0.6 is 11.6 Å². The van der Waals surface area contributed by atoms with Crippen molar-refractivity contribution in [2.24, 2.45) is 0 Å². The van der Waals surface area contributed by atoms with E-state index >= 15 is 0 Å². The summed E-state index contributed by atoms with van der Waals surface area (Å²) in [6.07, 6.45) is -0.153. The molecule has 2 N–H and O–H groups in total. The van der Waals surface area contributed by atoms with E-state index in [2.05, 4.69) is 0 Å². The number of rotatable bonds is 7. The molecule has 2 heterocycles. The van der Waals surface area contributed by atoms with Gasteiger partial charge in [0.25, 0.3) is 11.5 Å². The summed E-state index contributed by atoms with van der Waals surface area (Å²) in [5, 5.41) is 18.2. The number of aromatic nitrogens is 1. The molecule has 1 aliphatic rings. The summed E-state index contributed by atoms with van der Waals surface area (Å²) in [5.74, 6) is -2.60. The number of halogens is 3. The molecular weight excluding hydrogens is 512 g/mol. The van der Waals surface area contributed by atoms with Crippen molar-refractivity contribution in [3.8, 4) is 11.4 Å². The average molecular weight is 534 g/mol. The minimum Gasteiger partial charge on any atom is -0.487 e. The lowest BCUT2D eigenvalue weighted by Crippen LogP contribution is -2.39. The van der Waals surface area contributed by atoms with Crippen molar-refractivity contribution in [2.45, 2.75) is 20.0 Å². The number of aryl methyl sites for hydroxylation is 1. The number of hydrogen-bond donors (Lipinski definition) is 2. The third-order valence-corrected chi connectivity index (χ3v) is 6.19. The molecule has 12 heteroatoms. The molecule has 0 atom stereocenters. The maximum Gasteiger partial charge on any atom is 0.277 e. The lowest BCUT2D eigenvalue weighted by molar-refractivity contribution is -0.121. The number of carbonyl (C=O) groups excluding carboxylic acids is 2. The number of anilines is 2. The summed E-state index contributed by atoms with van der Waals surface area (Å²) < 4.78 is 33.9. The molecule has 3 aromatic rings. The van der Waals surface area contributed by atoms with Crippen LogP contribution in [0.3, 0.4) is 0 Å². The van der Waals surface area contributed by atoms with Gasteiger partial charge in [-0.1, -0.05) is 11.6 Å². The molecule has 0 unspecified atom stereocenters. The van der Waals surface area contributed by atoms with Crippen LogP contribution in [0.25, 0.3) is 5.69 Å². The predicted molar refractivity (Wildman–Crippen MR) is 131 cm³/mol. The second-order valence-corrected chi connectivity index (χ2v) is 8.60. The Balaban J connectivity index is 1.70. The number of ether oxygens (including phenoxy) is 1. The molecule has 2 amide bonds. The minimum absolute atomic E-state index is 0.00293. The van der Waals surface area contributed by atoms with Crippen LogP contribution in [-0.2, 0) is 16.2 Å². The fourth-order valence-electron chi connectivity index (χ4n) is 4.03. The van der Waals surface area contributed by atoms with Crippen molar-refractivity contribution in [3.63, 3.8) is 0 Å². The third kappa shape index (κ3) is 5.06. The smallest absolute Gasteiger partial charge is 0.277 e. The maximum absolute atomic E-state index is 13.9. The topological polar surface area (TPSA) is 112 Å². The van der Waals surface area contributed by atoms with Crippen molar-refractivity contribution in [3.05, 3.63) is 80.7 Å². The van der Waals surface area contributed by atoms with E-state index in [9.17, 15) is 28.3 Å². The number of carbonyl (C=O) groups is 2. The Morgan fingerprint density at radius 2 is 1.76 bits per heavy atom. The minimum atomic E-state index is -0.798.